The molecule has 24 heavy (non-hydrogen) atoms. The predicted molar refractivity (Wildman–Crippen MR) is 97.7 cm³/mol. The highest BCUT2D eigenvalue weighted by atomic mass is 32.1. The number of quaternary nitrogens is 1. The molecule has 0 saturated carbocycles. The van der Waals surface area contributed by atoms with Crippen molar-refractivity contribution in [3.8, 4) is 10.4 Å². The Labute approximate surface area is 147 Å². The van der Waals surface area contributed by atoms with E-state index in [0.717, 1.165) is 47.1 Å². The third-order valence-electron chi connectivity index (χ3n) is 4.46. The molecule has 0 spiro atoms. The summed E-state index contributed by atoms with van der Waals surface area (Å²) in [7, 11) is 0. The van der Waals surface area contributed by atoms with Crippen LogP contribution in [-0.4, -0.2) is 29.2 Å². The summed E-state index contributed by atoms with van der Waals surface area (Å²) in [5.41, 5.74) is 0.943. The lowest BCUT2D eigenvalue weighted by atomic mass is 10.2. The van der Waals surface area contributed by atoms with Crippen LogP contribution in [0, 0.1) is 0 Å². The van der Waals surface area contributed by atoms with Gasteiger partial charge < -0.3 is 15.0 Å². The van der Waals surface area contributed by atoms with E-state index in [0.29, 0.717) is 11.5 Å². The van der Waals surface area contributed by atoms with Crippen molar-refractivity contribution in [3.05, 3.63) is 39.1 Å². The Bertz CT molecular complexity index is 879. The maximum atomic E-state index is 12.6. The summed E-state index contributed by atoms with van der Waals surface area (Å²) in [5.74, 6) is 0.741. The van der Waals surface area contributed by atoms with E-state index < -0.39 is 0 Å². The summed E-state index contributed by atoms with van der Waals surface area (Å²) in [4.78, 5) is 22.2. The van der Waals surface area contributed by atoms with E-state index in [1.165, 1.54) is 11.3 Å². The van der Waals surface area contributed by atoms with Crippen LogP contribution in [0.3, 0.4) is 0 Å². The molecule has 0 aliphatic carbocycles. The highest BCUT2D eigenvalue weighted by molar-refractivity contribution is 7.18. The monoisotopic (exact) mass is 362 g/mol. The normalized spacial score (nSPS) is 19.1. The van der Waals surface area contributed by atoms with Crippen molar-refractivity contribution in [2.24, 2.45) is 0 Å². The minimum absolute atomic E-state index is 0.0444. The van der Waals surface area contributed by atoms with Crippen LogP contribution in [0.25, 0.3) is 20.7 Å². The maximum absolute atomic E-state index is 12.6. The summed E-state index contributed by atoms with van der Waals surface area (Å²) in [6, 6.07) is 4.15. The fourth-order valence-electron chi connectivity index (χ4n) is 3.09. The highest BCUT2D eigenvalue weighted by Crippen LogP contribution is 2.33. The topological polar surface area (TPSA) is 71.6 Å². The van der Waals surface area contributed by atoms with E-state index in [1.54, 1.807) is 11.3 Å². The number of H-pyrrole nitrogens is 1. The zero-order valence-corrected chi connectivity index (χ0v) is 15.1. The van der Waals surface area contributed by atoms with Crippen LogP contribution < -0.4 is 10.9 Å². The second kappa shape index (κ2) is 6.76. The van der Waals surface area contributed by atoms with Crippen LogP contribution in [0.4, 0.5) is 0 Å². The van der Waals surface area contributed by atoms with Gasteiger partial charge in [-0.15, -0.1) is 22.7 Å². The summed E-state index contributed by atoms with van der Waals surface area (Å²) in [6.07, 6.45) is 2.60. The van der Waals surface area contributed by atoms with Gasteiger partial charge in [-0.05, 0) is 31.2 Å². The number of nitrogens with zero attached hydrogens (tertiary/aromatic N) is 1. The van der Waals surface area contributed by atoms with Gasteiger partial charge in [0.25, 0.3) is 5.56 Å². The van der Waals surface area contributed by atoms with Gasteiger partial charge in [-0.2, -0.15) is 0 Å². The maximum Gasteiger partial charge on any atom is 0.260 e. The fraction of sp³-hybridized carbons (Fsp3) is 0.412. The van der Waals surface area contributed by atoms with Crippen molar-refractivity contribution in [3.63, 3.8) is 0 Å². The lowest BCUT2D eigenvalue weighted by Crippen LogP contribution is -2.86. The van der Waals surface area contributed by atoms with Gasteiger partial charge in [0, 0.05) is 22.4 Å². The SMILES string of the molecule is C[C@H]([NH2+]C[C@@H]1CCCO1)c1nc2scc(-c3cccs3)c2c(=O)[nH]1. The second-order valence-corrected chi connectivity index (χ2v) is 7.96. The van der Waals surface area contributed by atoms with E-state index in [1.807, 2.05) is 22.9 Å². The van der Waals surface area contributed by atoms with Crippen LogP contribution in [-0.2, 0) is 4.74 Å². The number of fused-ring (bicyclic) bond motifs is 1. The first-order valence-electron chi connectivity index (χ1n) is 8.22. The lowest BCUT2D eigenvalue weighted by molar-refractivity contribution is -0.699. The van der Waals surface area contributed by atoms with Gasteiger partial charge in [-0.25, -0.2) is 4.98 Å². The number of rotatable bonds is 5. The first-order chi connectivity index (χ1) is 11.7. The second-order valence-electron chi connectivity index (χ2n) is 6.15. The molecule has 126 valence electrons. The highest BCUT2D eigenvalue weighted by Gasteiger charge is 2.21. The van der Waals surface area contributed by atoms with Gasteiger partial charge in [0.2, 0.25) is 0 Å². The van der Waals surface area contributed by atoms with E-state index in [-0.39, 0.29) is 11.6 Å². The third-order valence-corrected chi connectivity index (χ3v) is 6.23. The molecule has 1 aliphatic rings. The molecule has 3 aromatic rings. The van der Waals surface area contributed by atoms with E-state index >= 15 is 0 Å². The molecule has 4 rings (SSSR count). The molecule has 0 unspecified atom stereocenters. The number of aromatic amines is 1. The van der Waals surface area contributed by atoms with Gasteiger partial charge in [0.05, 0.1) is 5.39 Å². The standard InChI is InChI=1S/C17H19N3O2S2/c1-10(18-8-11-4-2-6-22-11)15-19-16(21)14-12(9-24-17(14)20-15)13-5-3-7-23-13/h3,5,7,9-11,18H,2,4,6,8H2,1H3,(H,19,20,21)/p+1/t10-,11-/m0/s1. The lowest BCUT2D eigenvalue weighted by Gasteiger charge is -2.13. The number of hydrogen-bond acceptors (Lipinski definition) is 5. The first kappa shape index (κ1) is 16.0. The zero-order chi connectivity index (χ0) is 16.5. The van der Waals surface area contributed by atoms with Crippen molar-refractivity contribution < 1.29 is 10.1 Å². The van der Waals surface area contributed by atoms with Crippen LogP contribution in [0.5, 0.6) is 0 Å². The Balaban J connectivity index is 1.60. The van der Waals surface area contributed by atoms with Crippen LogP contribution in [0.1, 0.15) is 31.6 Å². The van der Waals surface area contributed by atoms with Gasteiger partial charge in [-0.3, -0.25) is 4.79 Å². The van der Waals surface area contributed by atoms with Gasteiger partial charge >= 0.3 is 0 Å². The first-order valence-corrected chi connectivity index (χ1v) is 9.98. The summed E-state index contributed by atoms with van der Waals surface area (Å²) in [6.45, 7) is 3.86. The van der Waals surface area contributed by atoms with Gasteiger partial charge in [-0.1, -0.05) is 6.07 Å². The number of nitrogens with two attached hydrogens (primary N) is 1. The molecule has 1 saturated heterocycles. The average Bonchev–Trinajstić information content (AvgIpc) is 3.31. The summed E-state index contributed by atoms with van der Waals surface area (Å²) < 4.78 is 5.66. The molecule has 7 heteroatoms. The zero-order valence-electron chi connectivity index (χ0n) is 13.5. The van der Waals surface area contributed by atoms with Crippen molar-refractivity contribution in [1.82, 2.24) is 9.97 Å². The molecule has 0 amide bonds. The Kier molecular flexibility index (Phi) is 4.49. The summed E-state index contributed by atoms with van der Waals surface area (Å²) in [5, 5.41) is 6.96. The minimum atomic E-state index is -0.0444. The van der Waals surface area contributed by atoms with Crippen LogP contribution in [0.2, 0.25) is 0 Å². The average molecular weight is 363 g/mol. The molecule has 5 nitrogen and oxygen atoms in total. The Morgan fingerprint density at radius 1 is 1.50 bits per heavy atom. The molecule has 2 atom stereocenters. The predicted octanol–water partition coefficient (Wildman–Crippen LogP) is 2.52. The quantitative estimate of drug-likeness (QED) is 0.733. The number of nitrogens with one attached hydrogen (secondary N) is 1. The van der Waals surface area contributed by atoms with Crippen molar-refractivity contribution in [1.29, 1.82) is 0 Å². The Morgan fingerprint density at radius 2 is 2.42 bits per heavy atom. The number of thiophene rings is 2. The molecule has 0 radical (unpaired) electrons. The molecule has 0 aromatic carbocycles. The molecular weight excluding hydrogens is 342 g/mol. The molecular formula is C17H20N3O2S2+. The molecule has 1 fully saturated rings. The van der Waals surface area contributed by atoms with Crippen molar-refractivity contribution in [2.45, 2.75) is 31.9 Å². The van der Waals surface area contributed by atoms with Gasteiger partial charge in [0.15, 0.2) is 5.82 Å². The van der Waals surface area contributed by atoms with Crippen LogP contribution in [0.15, 0.2) is 27.7 Å². The smallest absolute Gasteiger partial charge is 0.260 e. The largest absolute Gasteiger partial charge is 0.372 e. The molecule has 1 aliphatic heterocycles. The van der Waals surface area contributed by atoms with E-state index in [4.69, 9.17) is 9.72 Å². The van der Waals surface area contributed by atoms with E-state index in [9.17, 15) is 4.79 Å². The van der Waals surface area contributed by atoms with Crippen LogP contribution >= 0.6 is 22.7 Å². The van der Waals surface area contributed by atoms with Crippen molar-refractivity contribution >= 4 is 32.9 Å². The molecule has 3 aromatic heterocycles. The van der Waals surface area contributed by atoms with Crippen molar-refractivity contribution in [2.75, 3.05) is 13.2 Å². The molecule has 3 N–H and O–H groups in total. The number of ether oxygens (including phenoxy) is 1. The van der Waals surface area contributed by atoms with Gasteiger partial charge in [0.1, 0.15) is 23.5 Å². The number of hydrogen-bond donors (Lipinski definition) is 2. The minimum Gasteiger partial charge on any atom is -0.372 e. The third kappa shape index (κ3) is 3.04. The molecule has 4 heterocycles. The van der Waals surface area contributed by atoms with E-state index in [2.05, 4.69) is 17.2 Å². The number of aromatic nitrogens is 2. The Morgan fingerprint density at radius 3 is 3.17 bits per heavy atom. The molecule has 0 bridgehead atoms. The fourth-order valence-corrected chi connectivity index (χ4v) is 4.86. The summed E-state index contributed by atoms with van der Waals surface area (Å²) >= 11 is 3.18. The Hall–Kier alpha value is -1.54.